The summed E-state index contributed by atoms with van der Waals surface area (Å²) < 4.78 is 33.6. The minimum Gasteiger partial charge on any atom is -0.444 e. The molecule has 2 heterocycles. The van der Waals surface area contributed by atoms with E-state index in [9.17, 15) is 23.5 Å². The van der Waals surface area contributed by atoms with Crippen LogP contribution in [0.3, 0.4) is 0 Å². The number of benzene rings is 1. The number of aliphatic hydroxyl groups is 1. The van der Waals surface area contributed by atoms with E-state index in [4.69, 9.17) is 4.74 Å². The average molecular weight is 489 g/mol. The van der Waals surface area contributed by atoms with Crippen molar-refractivity contribution >= 4 is 38.8 Å². The van der Waals surface area contributed by atoms with Gasteiger partial charge in [0.1, 0.15) is 11.4 Å². The number of H-pyrrole nitrogens is 1. The minimum atomic E-state index is -0.924. The molecule has 0 bridgehead atoms. The summed E-state index contributed by atoms with van der Waals surface area (Å²) in [6.07, 6.45) is -0.296. The van der Waals surface area contributed by atoms with Gasteiger partial charge in [-0.1, -0.05) is 0 Å². The van der Waals surface area contributed by atoms with Gasteiger partial charge in [-0.05, 0) is 49.2 Å². The highest BCUT2D eigenvalue weighted by Gasteiger charge is 2.35. The molecule has 0 radical (unpaired) electrons. The van der Waals surface area contributed by atoms with Crippen molar-refractivity contribution in [1.29, 1.82) is 0 Å². The van der Waals surface area contributed by atoms with Crippen molar-refractivity contribution in [2.24, 2.45) is 0 Å². The number of nitrogens with zero attached hydrogens (tertiary/aromatic N) is 3. The van der Waals surface area contributed by atoms with E-state index < -0.39 is 35.4 Å². The number of hydrogen-bond acceptors (Lipinski definition) is 5. The maximum absolute atomic E-state index is 14.3. The lowest BCUT2D eigenvalue weighted by Crippen LogP contribution is -2.57. The minimum absolute atomic E-state index is 0.0723. The molecule has 1 aromatic heterocycles. The summed E-state index contributed by atoms with van der Waals surface area (Å²) in [6, 6.07) is 0.501. The number of carbonyl (C=O) groups is 2. The molecule has 2 aromatic rings. The number of carbonyl (C=O) groups excluding carboxylic acids is 2. The Morgan fingerprint density at radius 3 is 2.70 bits per heavy atom. The molecule has 164 valence electrons. The van der Waals surface area contributed by atoms with Crippen molar-refractivity contribution in [2.45, 2.75) is 38.8 Å². The van der Waals surface area contributed by atoms with Crippen molar-refractivity contribution in [3.8, 4) is 0 Å². The number of amides is 2. The second-order valence-corrected chi connectivity index (χ2v) is 8.87. The van der Waals surface area contributed by atoms with Crippen LogP contribution in [0, 0.1) is 11.8 Å². The van der Waals surface area contributed by atoms with Crippen LogP contribution >= 0.6 is 15.9 Å². The third-order valence-electron chi connectivity index (χ3n) is 4.78. The standard InChI is InChI=1S/C19H23BrF2N4O4/c1-19(2,3)30-18(29)25-5-6-26(10(9-25)4-7-27)17(28)11-8-12(21)14(20)13-15(11)23-24-16(13)22/h8,10,27H,4-7,9H2,1-3H3,(H,23,24)/t10-/m0/s1. The van der Waals surface area contributed by atoms with E-state index in [2.05, 4.69) is 26.1 Å². The Bertz CT molecular complexity index is 976. The van der Waals surface area contributed by atoms with Gasteiger partial charge in [0.05, 0.1) is 27.0 Å². The molecule has 1 aromatic carbocycles. The molecule has 0 aliphatic carbocycles. The summed E-state index contributed by atoms with van der Waals surface area (Å²) in [6.45, 7) is 5.58. The molecule has 30 heavy (non-hydrogen) atoms. The predicted molar refractivity (Wildman–Crippen MR) is 108 cm³/mol. The molecule has 1 fully saturated rings. The van der Waals surface area contributed by atoms with Crippen molar-refractivity contribution in [2.75, 3.05) is 26.2 Å². The largest absolute Gasteiger partial charge is 0.444 e. The van der Waals surface area contributed by atoms with Gasteiger partial charge in [0, 0.05) is 26.2 Å². The molecule has 1 aliphatic heterocycles. The number of halogens is 3. The van der Waals surface area contributed by atoms with E-state index in [0.29, 0.717) is 0 Å². The highest BCUT2D eigenvalue weighted by Crippen LogP contribution is 2.32. The number of fused-ring (bicyclic) bond motifs is 1. The molecule has 11 heteroatoms. The first-order valence-corrected chi connectivity index (χ1v) is 10.2. The van der Waals surface area contributed by atoms with E-state index in [0.717, 1.165) is 6.07 Å². The van der Waals surface area contributed by atoms with Gasteiger partial charge in [-0.15, -0.1) is 5.10 Å². The lowest BCUT2D eigenvalue weighted by molar-refractivity contribution is 0.00181. The van der Waals surface area contributed by atoms with Crippen LogP contribution in [-0.4, -0.2) is 75.0 Å². The Kier molecular flexibility index (Phi) is 6.32. The summed E-state index contributed by atoms with van der Waals surface area (Å²) in [5.41, 5.74) is -0.666. The molecule has 8 nitrogen and oxygen atoms in total. The summed E-state index contributed by atoms with van der Waals surface area (Å²) in [5, 5.41) is 15.2. The van der Waals surface area contributed by atoms with Gasteiger partial charge in [-0.25, -0.2) is 9.18 Å². The zero-order valence-electron chi connectivity index (χ0n) is 16.8. The first kappa shape index (κ1) is 22.4. The zero-order valence-corrected chi connectivity index (χ0v) is 18.4. The predicted octanol–water partition coefficient (Wildman–Crippen LogP) is 3.05. The van der Waals surface area contributed by atoms with Crippen LogP contribution in [-0.2, 0) is 4.74 Å². The fourth-order valence-corrected chi connectivity index (χ4v) is 3.91. The molecule has 2 amide bonds. The molecule has 1 aliphatic rings. The molecule has 3 rings (SSSR count). The number of nitrogens with one attached hydrogen (secondary N) is 1. The SMILES string of the molecule is CC(C)(C)OC(=O)N1CCN(C(=O)c2cc(F)c(Br)c3c(F)n[nH]c23)[C@@H](CCO)C1. The van der Waals surface area contributed by atoms with E-state index >= 15 is 0 Å². The van der Waals surface area contributed by atoms with Gasteiger partial charge in [-0.2, -0.15) is 4.39 Å². The molecule has 1 saturated heterocycles. The van der Waals surface area contributed by atoms with Gasteiger partial charge in [0.2, 0.25) is 5.95 Å². The van der Waals surface area contributed by atoms with Gasteiger partial charge in [0.25, 0.3) is 5.91 Å². The maximum Gasteiger partial charge on any atom is 0.410 e. The zero-order chi connectivity index (χ0) is 22.2. The first-order chi connectivity index (χ1) is 14.0. The normalized spacial score (nSPS) is 17.5. The number of hydrogen-bond donors (Lipinski definition) is 2. The van der Waals surface area contributed by atoms with E-state index in [1.165, 1.54) is 9.80 Å². The summed E-state index contributed by atoms with van der Waals surface area (Å²) >= 11 is 2.98. The van der Waals surface area contributed by atoms with E-state index in [1.54, 1.807) is 20.8 Å². The number of aromatic nitrogens is 2. The van der Waals surface area contributed by atoms with E-state index in [-0.39, 0.29) is 53.6 Å². The molecular formula is C19H23BrF2N4O4. The van der Waals surface area contributed by atoms with Crippen LogP contribution < -0.4 is 0 Å². The third-order valence-corrected chi connectivity index (χ3v) is 5.56. The average Bonchev–Trinajstić information content (AvgIpc) is 3.05. The topological polar surface area (TPSA) is 98.8 Å². The Labute approximate surface area is 180 Å². The molecule has 2 N–H and O–H groups in total. The summed E-state index contributed by atoms with van der Waals surface area (Å²) in [7, 11) is 0. The molecule has 0 unspecified atom stereocenters. The number of ether oxygens (including phenoxy) is 1. The lowest BCUT2D eigenvalue weighted by Gasteiger charge is -2.41. The van der Waals surface area contributed by atoms with Gasteiger partial charge in [0.15, 0.2) is 0 Å². The Hall–Kier alpha value is -2.27. The van der Waals surface area contributed by atoms with Crippen molar-refractivity contribution < 1.29 is 28.2 Å². The lowest BCUT2D eigenvalue weighted by atomic mass is 10.0. The third kappa shape index (κ3) is 4.41. The van der Waals surface area contributed by atoms with Crippen LogP contribution in [0.25, 0.3) is 10.9 Å². The first-order valence-electron chi connectivity index (χ1n) is 9.44. The molecule has 0 spiro atoms. The number of aromatic amines is 1. The monoisotopic (exact) mass is 488 g/mol. The second-order valence-electron chi connectivity index (χ2n) is 8.08. The Morgan fingerprint density at radius 1 is 1.37 bits per heavy atom. The van der Waals surface area contributed by atoms with Gasteiger partial charge < -0.3 is 19.6 Å². The van der Waals surface area contributed by atoms with Gasteiger partial charge in [-0.3, -0.25) is 9.89 Å². The number of rotatable bonds is 3. The smallest absolute Gasteiger partial charge is 0.410 e. The maximum atomic E-state index is 14.3. The van der Waals surface area contributed by atoms with Crippen molar-refractivity contribution in [3.63, 3.8) is 0 Å². The fraction of sp³-hybridized carbons (Fsp3) is 0.526. The van der Waals surface area contributed by atoms with Crippen LogP contribution in [0.2, 0.25) is 0 Å². The molecular weight excluding hydrogens is 466 g/mol. The second kappa shape index (κ2) is 8.46. The quantitative estimate of drug-likeness (QED) is 0.691. The number of aliphatic hydroxyl groups excluding tert-OH is 1. The van der Waals surface area contributed by atoms with Gasteiger partial charge >= 0.3 is 6.09 Å². The van der Waals surface area contributed by atoms with Crippen LogP contribution in [0.4, 0.5) is 13.6 Å². The van der Waals surface area contributed by atoms with Crippen molar-refractivity contribution in [3.05, 3.63) is 27.9 Å². The number of piperazine rings is 1. The van der Waals surface area contributed by atoms with Crippen LogP contribution in [0.15, 0.2) is 10.5 Å². The van der Waals surface area contributed by atoms with E-state index in [1.807, 2.05) is 0 Å². The van der Waals surface area contributed by atoms with Crippen LogP contribution in [0.1, 0.15) is 37.6 Å². The van der Waals surface area contributed by atoms with Crippen LogP contribution in [0.5, 0.6) is 0 Å². The van der Waals surface area contributed by atoms with Crippen molar-refractivity contribution in [1.82, 2.24) is 20.0 Å². The highest BCUT2D eigenvalue weighted by molar-refractivity contribution is 9.10. The molecule has 0 saturated carbocycles. The summed E-state index contributed by atoms with van der Waals surface area (Å²) in [5.74, 6) is -2.26. The fourth-order valence-electron chi connectivity index (χ4n) is 3.43. The Morgan fingerprint density at radius 2 is 2.07 bits per heavy atom. The Balaban J connectivity index is 1.89. The molecule has 1 atom stereocenters. The highest BCUT2D eigenvalue weighted by atomic mass is 79.9. The summed E-state index contributed by atoms with van der Waals surface area (Å²) in [4.78, 5) is 28.6.